The molecule has 2 rings (SSSR count). The van der Waals surface area contributed by atoms with Crippen molar-refractivity contribution in [3.05, 3.63) is 53.9 Å². The van der Waals surface area contributed by atoms with Crippen molar-refractivity contribution in [1.29, 1.82) is 0 Å². The lowest BCUT2D eigenvalue weighted by Gasteiger charge is -2.05. The minimum absolute atomic E-state index is 0.412. The van der Waals surface area contributed by atoms with E-state index in [1.807, 2.05) is 29.7 Å². The zero-order valence-corrected chi connectivity index (χ0v) is 12.1. The number of allylic oxidation sites excluding steroid dienone is 1. The minimum atomic E-state index is -0.412. The van der Waals surface area contributed by atoms with Gasteiger partial charge in [0.15, 0.2) is 5.16 Å². The summed E-state index contributed by atoms with van der Waals surface area (Å²) in [5.41, 5.74) is 6.83. The first-order valence-electron chi connectivity index (χ1n) is 6.14. The Morgan fingerprint density at radius 1 is 1.40 bits per heavy atom. The second-order valence-electron chi connectivity index (χ2n) is 4.28. The average molecular weight is 288 g/mol. The molecule has 0 unspecified atom stereocenters. The number of carbonyl (C=O) groups excluding carboxylic acids is 1. The highest BCUT2D eigenvalue weighted by molar-refractivity contribution is 7.98. The Balaban J connectivity index is 2.05. The summed E-state index contributed by atoms with van der Waals surface area (Å²) in [6, 6.07) is 7.26. The van der Waals surface area contributed by atoms with E-state index in [2.05, 4.69) is 16.8 Å². The summed E-state index contributed by atoms with van der Waals surface area (Å²) in [6.45, 7) is 6.35. The highest BCUT2D eigenvalue weighted by Gasteiger charge is 2.08. The molecule has 104 valence electrons. The maximum absolute atomic E-state index is 11.0. The van der Waals surface area contributed by atoms with Gasteiger partial charge in [-0.25, -0.2) is 0 Å². The zero-order valence-electron chi connectivity index (χ0n) is 11.2. The van der Waals surface area contributed by atoms with Crippen LogP contribution in [0.1, 0.15) is 21.7 Å². The van der Waals surface area contributed by atoms with Gasteiger partial charge in [0.05, 0.1) is 0 Å². The monoisotopic (exact) mass is 288 g/mol. The number of carbonyl (C=O) groups is 1. The van der Waals surface area contributed by atoms with Crippen LogP contribution in [0.5, 0.6) is 0 Å². The van der Waals surface area contributed by atoms with E-state index in [-0.39, 0.29) is 0 Å². The Kier molecular flexibility index (Phi) is 4.57. The van der Waals surface area contributed by atoms with E-state index < -0.39 is 5.91 Å². The Bertz CT molecular complexity index is 619. The van der Waals surface area contributed by atoms with Crippen molar-refractivity contribution in [1.82, 2.24) is 14.8 Å². The van der Waals surface area contributed by atoms with Crippen molar-refractivity contribution in [2.45, 2.75) is 24.4 Å². The van der Waals surface area contributed by atoms with E-state index in [1.165, 1.54) is 0 Å². The Labute approximate surface area is 121 Å². The molecule has 5 nitrogen and oxygen atoms in total. The first-order valence-corrected chi connectivity index (χ1v) is 7.12. The van der Waals surface area contributed by atoms with Crippen molar-refractivity contribution in [3.8, 4) is 0 Å². The number of primary amides is 1. The third kappa shape index (κ3) is 3.27. The predicted molar refractivity (Wildman–Crippen MR) is 79.5 cm³/mol. The van der Waals surface area contributed by atoms with Gasteiger partial charge in [0.1, 0.15) is 5.82 Å². The third-order valence-corrected chi connectivity index (χ3v) is 3.86. The van der Waals surface area contributed by atoms with Gasteiger partial charge in [-0.15, -0.1) is 16.8 Å². The molecule has 0 aliphatic carbocycles. The quantitative estimate of drug-likeness (QED) is 0.653. The van der Waals surface area contributed by atoms with Crippen LogP contribution < -0.4 is 5.73 Å². The van der Waals surface area contributed by atoms with Gasteiger partial charge in [0, 0.05) is 17.9 Å². The highest BCUT2D eigenvalue weighted by atomic mass is 32.2. The molecular weight excluding hydrogens is 272 g/mol. The number of amides is 1. The average Bonchev–Trinajstić information content (AvgIpc) is 2.79. The molecule has 1 aromatic carbocycles. The molecule has 20 heavy (non-hydrogen) atoms. The van der Waals surface area contributed by atoms with Gasteiger partial charge in [0.2, 0.25) is 5.91 Å². The number of rotatable bonds is 6. The fourth-order valence-electron chi connectivity index (χ4n) is 1.72. The highest BCUT2D eigenvalue weighted by Crippen LogP contribution is 2.22. The van der Waals surface area contributed by atoms with Crippen molar-refractivity contribution in [3.63, 3.8) is 0 Å². The van der Waals surface area contributed by atoms with Crippen LogP contribution in [0.2, 0.25) is 0 Å². The van der Waals surface area contributed by atoms with Crippen LogP contribution in [0, 0.1) is 6.92 Å². The maximum atomic E-state index is 11.0. The molecule has 0 radical (unpaired) electrons. The standard InChI is InChI=1S/C14H16N4OS/c1-3-8-18-10(2)16-17-14(18)20-9-11-4-6-12(7-5-11)13(15)19/h3-7H,1,8-9H2,2H3,(H2,15,19). The lowest BCUT2D eigenvalue weighted by Crippen LogP contribution is -2.10. The SMILES string of the molecule is C=CCn1c(C)nnc1SCc1ccc(C(N)=O)cc1. The smallest absolute Gasteiger partial charge is 0.248 e. The number of nitrogens with zero attached hydrogens (tertiary/aromatic N) is 3. The number of benzene rings is 1. The van der Waals surface area contributed by atoms with Gasteiger partial charge < -0.3 is 10.3 Å². The number of thioether (sulfide) groups is 1. The van der Waals surface area contributed by atoms with Gasteiger partial charge in [-0.3, -0.25) is 4.79 Å². The van der Waals surface area contributed by atoms with Gasteiger partial charge in [0.25, 0.3) is 0 Å². The van der Waals surface area contributed by atoms with E-state index >= 15 is 0 Å². The van der Waals surface area contributed by atoms with Crippen LogP contribution in [0.15, 0.2) is 42.1 Å². The molecule has 1 aromatic heterocycles. The van der Waals surface area contributed by atoms with Crippen LogP contribution in [-0.4, -0.2) is 20.7 Å². The normalized spacial score (nSPS) is 10.4. The number of aromatic nitrogens is 3. The summed E-state index contributed by atoms with van der Waals surface area (Å²) >= 11 is 1.60. The summed E-state index contributed by atoms with van der Waals surface area (Å²) in [7, 11) is 0. The molecule has 0 aliphatic heterocycles. The molecule has 1 heterocycles. The van der Waals surface area contributed by atoms with Crippen molar-refractivity contribution in [2.75, 3.05) is 0 Å². The van der Waals surface area contributed by atoms with Gasteiger partial charge in [-0.2, -0.15) is 0 Å². The molecule has 2 N–H and O–H groups in total. The fourth-order valence-corrected chi connectivity index (χ4v) is 2.67. The van der Waals surface area contributed by atoms with Crippen LogP contribution >= 0.6 is 11.8 Å². The third-order valence-electron chi connectivity index (χ3n) is 2.82. The van der Waals surface area contributed by atoms with Crippen LogP contribution in [-0.2, 0) is 12.3 Å². The first-order chi connectivity index (χ1) is 9.61. The first kappa shape index (κ1) is 14.3. The molecule has 0 spiro atoms. The zero-order chi connectivity index (χ0) is 14.5. The fraction of sp³-hybridized carbons (Fsp3) is 0.214. The number of nitrogens with two attached hydrogens (primary N) is 1. The van der Waals surface area contributed by atoms with Gasteiger partial charge in [-0.1, -0.05) is 30.0 Å². The summed E-state index contributed by atoms with van der Waals surface area (Å²) in [5, 5.41) is 9.08. The molecular formula is C14H16N4OS. The number of hydrogen-bond acceptors (Lipinski definition) is 4. The van der Waals surface area contributed by atoms with Crippen molar-refractivity contribution >= 4 is 17.7 Å². The molecule has 6 heteroatoms. The molecule has 2 aromatic rings. The molecule has 0 saturated carbocycles. The lowest BCUT2D eigenvalue weighted by molar-refractivity contribution is 0.100. The minimum Gasteiger partial charge on any atom is -0.366 e. The lowest BCUT2D eigenvalue weighted by atomic mass is 10.1. The van der Waals surface area contributed by atoms with Crippen LogP contribution in [0.3, 0.4) is 0 Å². The van der Waals surface area contributed by atoms with Gasteiger partial charge >= 0.3 is 0 Å². The molecule has 0 saturated heterocycles. The Hall–Kier alpha value is -2.08. The molecule has 0 bridgehead atoms. The van der Waals surface area contributed by atoms with Crippen LogP contribution in [0.4, 0.5) is 0 Å². The predicted octanol–water partition coefficient (Wildman–Crippen LogP) is 2.16. The summed E-state index contributed by atoms with van der Waals surface area (Å²) in [6.07, 6.45) is 1.82. The number of aryl methyl sites for hydroxylation is 1. The number of hydrogen-bond donors (Lipinski definition) is 1. The maximum Gasteiger partial charge on any atom is 0.248 e. The van der Waals surface area contributed by atoms with E-state index in [4.69, 9.17) is 5.73 Å². The Morgan fingerprint density at radius 2 is 2.10 bits per heavy atom. The molecule has 0 atom stereocenters. The van der Waals surface area contributed by atoms with Crippen LogP contribution in [0.25, 0.3) is 0 Å². The summed E-state index contributed by atoms with van der Waals surface area (Å²) in [4.78, 5) is 11.0. The topological polar surface area (TPSA) is 73.8 Å². The largest absolute Gasteiger partial charge is 0.366 e. The second-order valence-corrected chi connectivity index (χ2v) is 5.22. The summed E-state index contributed by atoms with van der Waals surface area (Å²) in [5.74, 6) is 1.22. The summed E-state index contributed by atoms with van der Waals surface area (Å²) < 4.78 is 2.01. The van der Waals surface area contributed by atoms with E-state index in [0.29, 0.717) is 12.1 Å². The molecule has 0 fully saturated rings. The van der Waals surface area contributed by atoms with E-state index in [9.17, 15) is 4.79 Å². The van der Waals surface area contributed by atoms with E-state index in [0.717, 1.165) is 22.3 Å². The molecule has 1 amide bonds. The van der Waals surface area contributed by atoms with Crippen molar-refractivity contribution < 1.29 is 4.79 Å². The van der Waals surface area contributed by atoms with Crippen molar-refractivity contribution in [2.24, 2.45) is 5.73 Å². The van der Waals surface area contributed by atoms with E-state index in [1.54, 1.807) is 23.9 Å². The van der Waals surface area contributed by atoms with Gasteiger partial charge in [-0.05, 0) is 24.6 Å². The second kappa shape index (κ2) is 6.38. The Morgan fingerprint density at radius 3 is 2.70 bits per heavy atom. The molecule has 0 aliphatic rings.